The average molecular weight is 352 g/mol. The lowest BCUT2D eigenvalue weighted by Crippen LogP contribution is -2.57. The molecule has 0 atom stereocenters. The number of hydrogen-bond acceptors (Lipinski definition) is 3. The van der Waals surface area contributed by atoms with Crippen LogP contribution in [0.4, 0.5) is 13.2 Å². The predicted octanol–water partition coefficient (Wildman–Crippen LogP) is 2.37. The summed E-state index contributed by atoms with van der Waals surface area (Å²) < 4.78 is 37.7. The van der Waals surface area contributed by atoms with Gasteiger partial charge < -0.3 is 15.2 Å². The normalized spacial score (nSPS) is 15.9. The van der Waals surface area contributed by atoms with Crippen LogP contribution in [0.1, 0.15) is 33.0 Å². The zero-order chi connectivity index (χ0) is 18.2. The van der Waals surface area contributed by atoms with Crippen LogP contribution in [0.25, 0.3) is 0 Å². The first-order valence-electron chi connectivity index (χ1n) is 7.92. The lowest BCUT2D eigenvalue weighted by molar-refractivity contribution is -0.141. The molecule has 1 fully saturated rings. The van der Waals surface area contributed by atoms with Gasteiger partial charge >= 0.3 is 6.18 Å². The van der Waals surface area contributed by atoms with Crippen LogP contribution in [-0.4, -0.2) is 47.0 Å². The molecule has 1 aliphatic rings. The number of pyridine rings is 1. The van der Waals surface area contributed by atoms with Gasteiger partial charge in [0.15, 0.2) is 0 Å². The van der Waals surface area contributed by atoms with Gasteiger partial charge in [0, 0.05) is 31.4 Å². The highest BCUT2D eigenvalue weighted by atomic mass is 19.4. The standard InChI is InChI=1S/C17H19F3N4O/c1-10-12(5-11-3-4-15(21-7-11)17(18,19)20)6-14(22-10)16(25)23-13-8-24(2)9-13/h3-4,6-7,13,22H,5,8-9H2,1-2H3,(H,23,25). The number of aromatic nitrogens is 2. The van der Waals surface area contributed by atoms with E-state index in [1.54, 1.807) is 6.07 Å². The van der Waals surface area contributed by atoms with E-state index in [1.165, 1.54) is 12.3 Å². The largest absolute Gasteiger partial charge is 0.433 e. The van der Waals surface area contributed by atoms with Crippen molar-refractivity contribution in [2.24, 2.45) is 0 Å². The van der Waals surface area contributed by atoms with Crippen LogP contribution in [0.2, 0.25) is 0 Å². The number of nitrogens with zero attached hydrogens (tertiary/aromatic N) is 2. The van der Waals surface area contributed by atoms with Crippen molar-refractivity contribution in [1.82, 2.24) is 20.2 Å². The highest BCUT2D eigenvalue weighted by molar-refractivity contribution is 5.93. The number of carbonyl (C=O) groups excluding carboxylic acids is 1. The Labute approximate surface area is 143 Å². The van der Waals surface area contributed by atoms with E-state index in [0.29, 0.717) is 17.7 Å². The fraction of sp³-hybridized carbons (Fsp3) is 0.412. The van der Waals surface area contributed by atoms with Gasteiger partial charge in [-0.2, -0.15) is 13.2 Å². The van der Waals surface area contributed by atoms with Crippen LogP contribution in [0, 0.1) is 6.92 Å². The minimum atomic E-state index is -4.44. The molecule has 2 aromatic heterocycles. The molecule has 8 heteroatoms. The Hall–Kier alpha value is -2.35. The fourth-order valence-electron chi connectivity index (χ4n) is 2.88. The van der Waals surface area contributed by atoms with Gasteiger partial charge in [0.25, 0.3) is 5.91 Å². The second-order valence-corrected chi connectivity index (χ2v) is 6.45. The van der Waals surface area contributed by atoms with Gasteiger partial charge in [0.05, 0.1) is 6.04 Å². The van der Waals surface area contributed by atoms with Crippen molar-refractivity contribution in [2.45, 2.75) is 25.6 Å². The maximum Gasteiger partial charge on any atom is 0.433 e. The summed E-state index contributed by atoms with van der Waals surface area (Å²) in [6, 6.07) is 4.28. The van der Waals surface area contributed by atoms with E-state index in [9.17, 15) is 18.0 Å². The van der Waals surface area contributed by atoms with Crippen molar-refractivity contribution in [1.29, 1.82) is 0 Å². The third-order valence-electron chi connectivity index (χ3n) is 4.28. The summed E-state index contributed by atoms with van der Waals surface area (Å²) in [5.41, 5.74) is 1.88. The minimum Gasteiger partial charge on any atom is -0.354 e. The number of aromatic amines is 1. The van der Waals surface area contributed by atoms with Crippen molar-refractivity contribution in [3.8, 4) is 0 Å². The van der Waals surface area contributed by atoms with Gasteiger partial charge in [-0.05, 0) is 37.2 Å². The molecule has 5 nitrogen and oxygen atoms in total. The number of hydrogen-bond donors (Lipinski definition) is 2. The second-order valence-electron chi connectivity index (χ2n) is 6.45. The van der Waals surface area contributed by atoms with E-state index < -0.39 is 11.9 Å². The number of H-pyrrole nitrogens is 1. The Morgan fingerprint density at radius 1 is 1.40 bits per heavy atom. The Kier molecular flexibility index (Phi) is 4.55. The van der Waals surface area contributed by atoms with Crippen LogP contribution < -0.4 is 5.32 Å². The molecule has 1 aliphatic heterocycles. The topological polar surface area (TPSA) is 61.0 Å². The van der Waals surface area contributed by atoms with E-state index in [4.69, 9.17) is 0 Å². The van der Waals surface area contributed by atoms with Gasteiger partial charge in [-0.25, -0.2) is 0 Å². The molecule has 0 spiro atoms. The molecule has 0 radical (unpaired) electrons. The Balaban J connectivity index is 1.67. The molecule has 3 heterocycles. The summed E-state index contributed by atoms with van der Waals surface area (Å²) in [5.74, 6) is -0.169. The molecule has 0 bridgehead atoms. The number of halogens is 3. The maximum absolute atomic E-state index is 12.6. The van der Waals surface area contributed by atoms with Gasteiger partial charge in [0.1, 0.15) is 11.4 Å². The highest BCUT2D eigenvalue weighted by Crippen LogP contribution is 2.27. The van der Waals surface area contributed by atoms with Gasteiger partial charge in [-0.15, -0.1) is 0 Å². The molecule has 2 aromatic rings. The number of nitrogens with one attached hydrogen (secondary N) is 2. The van der Waals surface area contributed by atoms with Crippen LogP contribution in [-0.2, 0) is 12.6 Å². The molecule has 134 valence electrons. The molecule has 0 saturated carbocycles. The smallest absolute Gasteiger partial charge is 0.354 e. The summed E-state index contributed by atoms with van der Waals surface area (Å²) in [5, 5.41) is 2.94. The molecule has 2 N–H and O–H groups in total. The van der Waals surface area contributed by atoms with E-state index in [1.807, 2.05) is 14.0 Å². The van der Waals surface area contributed by atoms with E-state index in [-0.39, 0.29) is 11.9 Å². The van der Waals surface area contributed by atoms with Gasteiger partial charge in [-0.1, -0.05) is 6.07 Å². The molecule has 0 unspecified atom stereocenters. The number of likely N-dealkylation sites (N-methyl/N-ethyl adjacent to an activating group) is 1. The molecule has 1 amide bonds. The van der Waals surface area contributed by atoms with Crippen molar-refractivity contribution < 1.29 is 18.0 Å². The molecule has 0 aromatic carbocycles. The number of alkyl halides is 3. The summed E-state index contributed by atoms with van der Waals surface area (Å²) in [4.78, 5) is 20.8. The first-order valence-corrected chi connectivity index (χ1v) is 7.92. The van der Waals surface area contributed by atoms with Crippen molar-refractivity contribution in [3.05, 3.63) is 52.6 Å². The lowest BCUT2D eigenvalue weighted by Gasteiger charge is -2.36. The van der Waals surface area contributed by atoms with Crippen molar-refractivity contribution >= 4 is 5.91 Å². The number of likely N-dealkylation sites (tertiary alicyclic amines) is 1. The third-order valence-corrected chi connectivity index (χ3v) is 4.28. The lowest BCUT2D eigenvalue weighted by atomic mass is 10.1. The molecule has 0 aliphatic carbocycles. The van der Waals surface area contributed by atoms with Gasteiger partial charge in [-0.3, -0.25) is 9.78 Å². The monoisotopic (exact) mass is 352 g/mol. The van der Waals surface area contributed by atoms with Crippen LogP contribution in [0.3, 0.4) is 0 Å². The summed E-state index contributed by atoms with van der Waals surface area (Å²) in [7, 11) is 1.98. The summed E-state index contributed by atoms with van der Waals surface area (Å²) in [6.45, 7) is 3.49. The Morgan fingerprint density at radius 3 is 2.68 bits per heavy atom. The van der Waals surface area contributed by atoms with E-state index in [2.05, 4.69) is 20.2 Å². The fourth-order valence-corrected chi connectivity index (χ4v) is 2.88. The van der Waals surface area contributed by atoms with Crippen LogP contribution in [0.15, 0.2) is 24.4 Å². The third kappa shape index (κ3) is 4.01. The van der Waals surface area contributed by atoms with Crippen molar-refractivity contribution in [2.75, 3.05) is 20.1 Å². The van der Waals surface area contributed by atoms with Crippen LogP contribution >= 0.6 is 0 Å². The minimum absolute atomic E-state index is 0.156. The predicted molar refractivity (Wildman–Crippen MR) is 86.3 cm³/mol. The summed E-state index contributed by atoms with van der Waals surface area (Å²) in [6.07, 6.45) is -2.81. The van der Waals surface area contributed by atoms with Crippen LogP contribution in [0.5, 0.6) is 0 Å². The number of aryl methyl sites for hydroxylation is 1. The number of rotatable bonds is 4. The molecule has 1 saturated heterocycles. The molecule has 3 rings (SSSR count). The average Bonchev–Trinajstić information content (AvgIpc) is 2.86. The zero-order valence-corrected chi connectivity index (χ0v) is 13.9. The Morgan fingerprint density at radius 2 is 2.12 bits per heavy atom. The first-order chi connectivity index (χ1) is 11.7. The first kappa shape index (κ1) is 17.5. The van der Waals surface area contributed by atoms with Gasteiger partial charge in [0.2, 0.25) is 0 Å². The molecular weight excluding hydrogens is 333 g/mol. The Bertz CT molecular complexity index is 761. The molecular formula is C17H19F3N4O. The highest BCUT2D eigenvalue weighted by Gasteiger charge is 2.32. The van der Waals surface area contributed by atoms with E-state index in [0.717, 1.165) is 30.4 Å². The van der Waals surface area contributed by atoms with Crippen molar-refractivity contribution in [3.63, 3.8) is 0 Å². The second kappa shape index (κ2) is 6.51. The quantitative estimate of drug-likeness (QED) is 0.888. The maximum atomic E-state index is 12.6. The zero-order valence-electron chi connectivity index (χ0n) is 13.9. The number of carbonyl (C=O) groups is 1. The molecule has 25 heavy (non-hydrogen) atoms. The van der Waals surface area contributed by atoms with E-state index >= 15 is 0 Å². The SMILES string of the molecule is Cc1[nH]c(C(=O)NC2CN(C)C2)cc1Cc1ccc(C(F)(F)F)nc1. The number of amides is 1. The summed E-state index contributed by atoms with van der Waals surface area (Å²) >= 11 is 0.